The molecule has 31 heavy (non-hydrogen) atoms. The predicted molar refractivity (Wildman–Crippen MR) is 126 cm³/mol. The summed E-state index contributed by atoms with van der Waals surface area (Å²) in [5.74, 6) is 1.31. The van der Waals surface area contributed by atoms with Crippen molar-refractivity contribution in [2.45, 2.75) is 0 Å². The number of nitrogens with zero attached hydrogens (tertiary/aromatic N) is 3. The van der Waals surface area contributed by atoms with Crippen molar-refractivity contribution in [3.8, 4) is 11.3 Å². The lowest BCUT2D eigenvalue weighted by Crippen LogP contribution is -2.36. The molecule has 3 aromatic rings. The molecule has 0 atom stereocenters. The Hall–Kier alpha value is -2.88. The van der Waals surface area contributed by atoms with Gasteiger partial charge in [-0.1, -0.05) is 30.3 Å². The molecule has 1 saturated heterocycles. The fourth-order valence-corrected chi connectivity index (χ4v) is 3.73. The average Bonchev–Trinajstić information content (AvgIpc) is 2.75. The Morgan fingerprint density at radius 1 is 0.935 bits per heavy atom. The lowest BCUT2D eigenvalue weighted by atomic mass is 10.1. The molecule has 0 aliphatic carbocycles. The maximum Gasteiger partial charge on any atom is 0.229 e. The summed E-state index contributed by atoms with van der Waals surface area (Å²) in [6.45, 7) is 2.89. The van der Waals surface area contributed by atoms with Gasteiger partial charge >= 0.3 is 0 Å². The first-order valence-corrected chi connectivity index (χ1v) is 11.5. The van der Waals surface area contributed by atoms with Gasteiger partial charge in [0.2, 0.25) is 16.0 Å². The Balaban J connectivity index is 0.00000272. The lowest BCUT2D eigenvalue weighted by molar-refractivity contribution is 0.122. The molecular weight excluding hydrogens is 438 g/mol. The summed E-state index contributed by atoms with van der Waals surface area (Å²) in [5.41, 5.74) is 3.08. The molecule has 0 radical (unpaired) electrons. The van der Waals surface area contributed by atoms with Crippen LogP contribution in [0.4, 0.5) is 23.1 Å². The maximum absolute atomic E-state index is 11.4. The van der Waals surface area contributed by atoms with E-state index in [9.17, 15) is 8.42 Å². The minimum absolute atomic E-state index is 0. The number of hydrogen-bond acceptors (Lipinski definition) is 7. The minimum Gasteiger partial charge on any atom is -0.378 e. The van der Waals surface area contributed by atoms with E-state index in [-0.39, 0.29) is 12.4 Å². The summed E-state index contributed by atoms with van der Waals surface area (Å²) < 4.78 is 30.7. The van der Waals surface area contributed by atoms with Gasteiger partial charge in [0.1, 0.15) is 5.82 Å². The van der Waals surface area contributed by atoms with E-state index in [1.165, 1.54) is 0 Å². The van der Waals surface area contributed by atoms with Gasteiger partial charge in [0.25, 0.3) is 0 Å². The third-order valence-corrected chi connectivity index (χ3v) is 5.17. The molecule has 4 rings (SSSR count). The molecule has 1 aliphatic heterocycles. The number of anilines is 4. The Kier molecular flexibility index (Phi) is 7.32. The summed E-state index contributed by atoms with van der Waals surface area (Å²) in [7, 11) is -3.31. The summed E-state index contributed by atoms with van der Waals surface area (Å²) in [4.78, 5) is 11.6. The van der Waals surface area contributed by atoms with Gasteiger partial charge in [-0.15, -0.1) is 12.4 Å². The van der Waals surface area contributed by atoms with Gasteiger partial charge in [-0.05, 0) is 24.3 Å². The van der Waals surface area contributed by atoms with Crippen molar-refractivity contribution in [3.63, 3.8) is 0 Å². The molecule has 1 aromatic heterocycles. The molecule has 164 valence electrons. The number of rotatable bonds is 6. The SMILES string of the molecule is CS(=O)(=O)Nc1ccc(Nc2nc(-c3ccccc3)cc(N3CCOCC3)n2)cc1.Cl. The van der Waals surface area contributed by atoms with Crippen LogP contribution in [0.1, 0.15) is 0 Å². The van der Waals surface area contributed by atoms with Crippen molar-refractivity contribution >= 4 is 45.6 Å². The zero-order chi connectivity index (χ0) is 21.0. The molecule has 1 aliphatic rings. The maximum atomic E-state index is 11.4. The number of benzene rings is 2. The third-order valence-electron chi connectivity index (χ3n) is 4.56. The molecule has 0 saturated carbocycles. The van der Waals surface area contributed by atoms with Crippen LogP contribution in [0.2, 0.25) is 0 Å². The van der Waals surface area contributed by atoms with Crippen LogP contribution in [-0.4, -0.2) is 50.9 Å². The Morgan fingerprint density at radius 2 is 1.58 bits per heavy atom. The van der Waals surface area contributed by atoms with Crippen LogP contribution >= 0.6 is 12.4 Å². The second-order valence-electron chi connectivity index (χ2n) is 6.98. The third kappa shape index (κ3) is 6.30. The van der Waals surface area contributed by atoms with Gasteiger partial charge < -0.3 is 15.0 Å². The van der Waals surface area contributed by atoms with E-state index < -0.39 is 10.0 Å². The number of aromatic nitrogens is 2. The number of ether oxygens (including phenoxy) is 1. The highest BCUT2D eigenvalue weighted by atomic mass is 35.5. The first-order valence-electron chi connectivity index (χ1n) is 9.58. The highest BCUT2D eigenvalue weighted by molar-refractivity contribution is 7.92. The zero-order valence-electron chi connectivity index (χ0n) is 17.0. The second-order valence-corrected chi connectivity index (χ2v) is 8.73. The lowest BCUT2D eigenvalue weighted by Gasteiger charge is -2.28. The molecule has 0 spiro atoms. The van der Waals surface area contributed by atoms with Gasteiger partial charge in [0.05, 0.1) is 25.2 Å². The first-order chi connectivity index (χ1) is 14.5. The number of nitrogens with one attached hydrogen (secondary N) is 2. The van der Waals surface area contributed by atoms with Crippen LogP contribution in [0.5, 0.6) is 0 Å². The topological polar surface area (TPSA) is 96.5 Å². The molecular formula is C21H24ClN5O3S. The largest absolute Gasteiger partial charge is 0.378 e. The monoisotopic (exact) mass is 461 g/mol. The van der Waals surface area contributed by atoms with Gasteiger partial charge in [-0.25, -0.2) is 13.4 Å². The summed E-state index contributed by atoms with van der Waals surface area (Å²) in [5, 5.41) is 3.23. The van der Waals surface area contributed by atoms with E-state index >= 15 is 0 Å². The van der Waals surface area contributed by atoms with E-state index in [1.807, 2.05) is 36.4 Å². The fourth-order valence-electron chi connectivity index (χ4n) is 3.17. The summed E-state index contributed by atoms with van der Waals surface area (Å²) in [6, 6.07) is 18.9. The Labute approximate surface area is 188 Å². The average molecular weight is 462 g/mol. The zero-order valence-corrected chi connectivity index (χ0v) is 18.6. The highest BCUT2D eigenvalue weighted by Gasteiger charge is 2.16. The van der Waals surface area contributed by atoms with Crippen molar-refractivity contribution < 1.29 is 13.2 Å². The molecule has 2 N–H and O–H groups in total. The molecule has 8 nitrogen and oxygen atoms in total. The van der Waals surface area contributed by atoms with Crippen molar-refractivity contribution in [1.82, 2.24) is 9.97 Å². The van der Waals surface area contributed by atoms with Gasteiger partial charge in [-0.2, -0.15) is 4.98 Å². The van der Waals surface area contributed by atoms with Crippen LogP contribution in [0, 0.1) is 0 Å². The Morgan fingerprint density at radius 3 is 2.23 bits per heavy atom. The molecule has 0 unspecified atom stereocenters. The molecule has 1 fully saturated rings. The standard InChI is InChI=1S/C21H23N5O3S.ClH/c1-30(27,28)25-18-9-7-17(8-10-18)22-21-23-19(16-5-3-2-4-6-16)15-20(24-21)26-11-13-29-14-12-26;/h2-10,15,25H,11-14H2,1H3,(H,22,23,24);1H. The molecule has 0 amide bonds. The quantitative estimate of drug-likeness (QED) is 0.579. The van der Waals surface area contributed by atoms with Gasteiger partial charge in [-0.3, -0.25) is 4.72 Å². The summed E-state index contributed by atoms with van der Waals surface area (Å²) >= 11 is 0. The number of hydrogen-bond donors (Lipinski definition) is 2. The van der Waals surface area contributed by atoms with E-state index in [2.05, 4.69) is 19.9 Å². The highest BCUT2D eigenvalue weighted by Crippen LogP contribution is 2.26. The van der Waals surface area contributed by atoms with Gasteiger partial charge in [0, 0.05) is 36.1 Å². The van der Waals surface area contributed by atoms with E-state index in [0.29, 0.717) is 24.8 Å². The van der Waals surface area contributed by atoms with Crippen molar-refractivity contribution in [2.24, 2.45) is 0 Å². The van der Waals surface area contributed by atoms with Crippen molar-refractivity contribution in [1.29, 1.82) is 0 Å². The van der Waals surface area contributed by atoms with E-state index in [1.54, 1.807) is 24.3 Å². The first kappa shape index (κ1) is 22.8. The van der Waals surface area contributed by atoms with Crippen LogP contribution in [0.15, 0.2) is 60.7 Å². The predicted octanol–water partition coefficient (Wildman–Crippen LogP) is 3.52. The molecule has 10 heteroatoms. The van der Waals surface area contributed by atoms with Crippen LogP contribution in [-0.2, 0) is 14.8 Å². The van der Waals surface area contributed by atoms with E-state index in [4.69, 9.17) is 9.72 Å². The number of morpholine rings is 1. The van der Waals surface area contributed by atoms with Crippen LogP contribution in [0.3, 0.4) is 0 Å². The van der Waals surface area contributed by atoms with Crippen molar-refractivity contribution in [3.05, 3.63) is 60.7 Å². The molecule has 0 bridgehead atoms. The second kappa shape index (κ2) is 9.95. The molecule has 2 heterocycles. The fraction of sp³-hybridized carbons (Fsp3) is 0.238. The normalized spacial score (nSPS) is 13.9. The van der Waals surface area contributed by atoms with Crippen LogP contribution in [0.25, 0.3) is 11.3 Å². The van der Waals surface area contributed by atoms with E-state index in [0.717, 1.165) is 42.1 Å². The Bertz CT molecular complexity index is 1110. The number of sulfonamides is 1. The minimum atomic E-state index is -3.31. The smallest absolute Gasteiger partial charge is 0.229 e. The summed E-state index contributed by atoms with van der Waals surface area (Å²) in [6.07, 6.45) is 1.12. The number of halogens is 1. The van der Waals surface area contributed by atoms with Crippen molar-refractivity contribution in [2.75, 3.05) is 47.5 Å². The van der Waals surface area contributed by atoms with Crippen LogP contribution < -0.4 is 14.9 Å². The van der Waals surface area contributed by atoms with Gasteiger partial charge in [0.15, 0.2) is 0 Å². The molecule has 2 aromatic carbocycles.